The second kappa shape index (κ2) is 12.4. The maximum Gasteiger partial charge on any atom is 0.291 e. The van der Waals surface area contributed by atoms with Crippen molar-refractivity contribution in [3.8, 4) is 0 Å². The van der Waals surface area contributed by atoms with E-state index in [4.69, 9.17) is 4.98 Å². The lowest BCUT2D eigenvalue weighted by Gasteiger charge is -2.36. The fraction of sp³-hybridized carbons (Fsp3) is 0.567. The van der Waals surface area contributed by atoms with Crippen LogP contribution < -0.4 is 5.32 Å². The Morgan fingerprint density at radius 2 is 1.76 bits per heavy atom. The van der Waals surface area contributed by atoms with Gasteiger partial charge in [0.2, 0.25) is 17.6 Å². The van der Waals surface area contributed by atoms with Gasteiger partial charge in [-0.25, -0.2) is 9.67 Å². The van der Waals surface area contributed by atoms with E-state index < -0.39 is 12.1 Å². The van der Waals surface area contributed by atoms with Crippen molar-refractivity contribution >= 4 is 17.7 Å². The summed E-state index contributed by atoms with van der Waals surface area (Å²) in [5.74, 6) is 2.07. The zero-order valence-corrected chi connectivity index (χ0v) is 24.2. The van der Waals surface area contributed by atoms with Crippen molar-refractivity contribution in [3.63, 3.8) is 0 Å². The predicted octanol–water partition coefficient (Wildman–Crippen LogP) is 2.23. The molecule has 2 atom stereocenters. The van der Waals surface area contributed by atoms with Gasteiger partial charge in [-0.05, 0) is 57.4 Å². The minimum Gasteiger partial charge on any atom is -0.344 e. The quantitative estimate of drug-likeness (QED) is 0.508. The molecule has 0 bridgehead atoms. The van der Waals surface area contributed by atoms with Gasteiger partial charge in [-0.1, -0.05) is 30.3 Å². The van der Waals surface area contributed by atoms with Gasteiger partial charge < -0.3 is 19.7 Å². The van der Waals surface area contributed by atoms with Gasteiger partial charge in [0.15, 0.2) is 0 Å². The summed E-state index contributed by atoms with van der Waals surface area (Å²) in [7, 11) is 0. The molecule has 3 aromatic rings. The van der Waals surface area contributed by atoms with Crippen LogP contribution in [-0.2, 0) is 35.5 Å². The molecule has 6 rings (SSSR count). The summed E-state index contributed by atoms with van der Waals surface area (Å²) in [5, 5.41) is 16.5. The average molecular weight is 574 g/mol. The van der Waals surface area contributed by atoms with E-state index in [0.717, 1.165) is 50.0 Å². The molecule has 3 aliphatic rings. The number of hydrogen-bond acceptors (Lipinski definition) is 7. The van der Waals surface area contributed by atoms with E-state index in [1.165, 1.54) is 0 Å². The largest absolute Gasteiger partial charge is 0.344 e. The summed E-state index contributed by atoms with van der Waals surface area (Å²) >= 11 is 0. The van der Waals surface area contributed by atoms with Crippen LogP contribution in [0.15, 0.2) is 30.3 Å². The first-order valence-corrected chi connectivity index (χ1v) is 15.2. The molecule has 1 N–H and O–H groups in total. The van der Waals surface area contributed by atoms with Gasteiger partial charge in [0.1, 0.15) is 23.5 Å². The minimum absolute atomic E-state index is 0.0437. The Labute approximate surface area is 245 Å². The number of amides is 3. The number of aromatic nitrogens is 6. The lowest BCUT2D eigenvalue weighted by molar-refractivity contribution is -0.142. The summed E-state index contributed by atoms with van der Waals surface area (Å²) in [4.78, 5) is 49.3. The SMILES string of the molecule is Cc1nc2n(n1)CCN(C(=O)c1nnc3n1CCCC3)CCCC(=O)N1CCCC[C@H]1C(=O)N[C@@H]2Cc1ccccc1. The number of carbonyl (C=O) groups is 3. The third kappa shape index (κ3) is 5.93. The average Bonchev–Trinajstić information content (AvgIpc) is 3.61. The maximum absolute atomic E-state index is 13.9. The third-order valence-electron chi connectivity index (χ3n) is 8.58. The van der Waals surface area contributed by atoms with Crippen molar-refractivity contribution in [3.05, 3.63) is 59.2 Å². The van der Waals surface area contributed by atoms with Crippen LogP contribution in [0.1, 0.15) is 84.6 Å². The van der Waals surface area contributed by atoms with Crippen LogP contribution in [0.3, 0.4) is 0 Å². The van der Waals surface area contributed by atoms with Crippen LogP contribution in [0, 0.1) is 6.92 Å². The third-order valence-corrected chi connectivity index (χ3v) is 8.58. The number of nitrogens with one attached hydrogen (secondary N) is 1. The lowest BCUT2D eigenvalue weighted by atomic mass is 9.99. The van der Waals surface area contributed by atoms with E-state index in [1.54, 1.807) is 9.80 Å². The van der Waals surface area contributed by atoms with Gasteiger partial charge in [-0.15, -0.1) is 10.2 Å². The highest BCUT2D eigenvalue weighted by molar-refractivity contribution is 5.91. The van der Waals surface area contributed by atoms with Crippen LogP contribution in [0.2, 0.25) is 0 Å². The molecule has 1 saturated heterocycles. The molecule has 3 aliphatic heterocycles. The van der Waals surface area contributed by atoms with Crippen LogP contribution in [-0.4, -0.2) is 82.7 Å². The van der Waals surface area contributed by atoms with Crippen LogP contribution in [0.4, 0.5) is 0 Å². The summed E-state index contributed by atoms with van der Waals surface area (Å²) in [6.45, 7) is 4.29. The van der Waals surface area contributed by atoms with Gasteiger partial charge in [0.05, 0.1) is 12.6 Å². The zero-order chi connectivity index (χ0) is 29.1. The van der Waals surface area contributed by atoms with Gasteiger partial charge >= 0.3 is 0 Å². The Balaban J connectivity index is 1.34. The van der Waals surface area contributed by atoms with E-state index in [1.807, 2.05) is 46.5 Å². The Morgan fingerprint density at radius 3 is 2.62 bits per heavy atom. The molecule has 5 heterocycles. The monoisotopic (exact) mass is 573 g/mol. The predicted molar refractivity (Wildman–Crippen MR) is 153 cm³/mol. The van der Waals surface area contributed by atoms with E-state index in [0.29, 0.717) is 62.9 Å². The molecule has 0 radical (unpaired) electrons. The number of fused-ring (bicyclic) bond motifs is 3. The number of piperidine rings is 1. The van der Waals surface area contributed by atoms with Crippen molar-refractivity contribution in [2.75, 3.05) is 19.6 Å². The number of hydrogen-bond donors (Lipinski definition) is 1. The van der Waals surface area contributed by atoms with Gasteiger partial charge in [-0.3, -0.25) is 14.4 Å². The molecule has 0 aliphatic carbocycles. The molecule has 1 aromatic carbocycles. The number of rotatable bonds is 3. The Hall–Kier alpha value is -4.09. The standard InChI is InChI=1S/C30H39N9O3/c1-21-31-27-23(20-22-10-3-2-4-11-22)32-29(41)24-12-5-7-16-37(24)26(40)14-9-15-36(18-19-39(27)35-21)30(42)28-34-33-25-13-6-8-17-38(25)28/h2-4,10-11,23-24H,5-9,12-20H2,1H3,(H,32,41)/t23-,24+/m1/s1. The fourth-order valence-corrected chi connectivity index (χ4v) is 6.42. The number of nitrogens with zero attached hydrogens (tertiary/aromatic N) is 8. The molecule has 2 aromatic heterocycles. The summed E-state index contributed by atoms with van der Waals surface area (Å²) in [6.07, 6.45) is 6.55. The number of carbonyl (C=O) groups excluding carboxylic acids is 3. The first-order valence-electron chi connectivity index (χ1n) is 15.2. The highest BCUT2D eigenvalue weighted by Crippen LogP contribution is 2.24. The molecule has 0 spiro atoms. The summed E-state index contributed by atoms with van der Waals surface area (Å²) < 4.78 is 3.76. The van der Waals surface area contributed by atoms with E-state index in [2.05, 4.69) is 20.6 Å². The second-order valence-corrected chi connectivity index (χ2v) is 11.5. The molecule has 3 amide bonds. The van der Waals surface area contributed by atoms with Crippen molar-refractivity contribution in [1.82, 2.24) is 44.6 Å². The lowest BCUT2D eigenvalue weighted by Crippen LogP contribution is -2.53. The topological polar surface area (TPSA) is 131 Å². The highest BCUT2D eigenvalue weighted by Gasteiger charge is 2.35. The number of aryl methyl sites for hydroxylation is 2. The van der Waals surface area contributed by atoms with E-state index in [9.17, 15) is 14.4 Å². The fourth-order valence-electron chi connectivity index (χ4n) is 6.42. The van der Waals surface area contributed by atoms with E-state index in [-0.39, 0.29) is 24.1 Å². The normalized spacial score (nSPS) is 22.0. The van der Waals surface area contributed by atoms with Gasteiger partial charge in [0, 0.05) is 39.0 Å². The first-order chi connectivity index (χ1) is 20.5. The van der Waals surface area contributed by atoms with Crippen LogP contribution in [0.25, 0.3) is 0 Å². The molecule has 222 valence electrons. The number of benzene rings is 1. The molecule has 0 unspecified atom stereocenters. The Kier molecular flexibility index (Phi) is 8.29. The van der Waals surface area contributed by atoms with Crippen molar-refractivity contribution in [1.29, 1.82) is 0 Å². The maximum atomic E-state index is 13.9. The molecule has 42 heavy (non-hydrogen) atoms. The highest BCUT2D eigenvalue weighted by atomic mass is 16.2. The molecule has 12 heteroatoms. The second-order valence-electron chi connectivity index (χ2n) is 11.5. The molecule has 1 fully saturated rings. The summed E-state index contributed by atoms with van der Waals surface area (Å²) in [6, 6.07) is 9.00. The molecular weight excluding hydrogens is 534 g/mol. The first kappa shape index (κ1) is 28.0. The molecule has 12 nitrogen and oxygen atoms in total. The van der Waals surface area contributed by atoms with Gasteiger partial charge in [0.25, 0.3) is 5.91 Å². The van der Waals surface area contributed by atoms with Crippen LogP contribution >= 0.6 is 0 Å². The smallest absolute Gasteiger partial charge is 0.291 e. The van der Waals surface area contributed by atoms with Crippen molar-refractivity contribution < 1.29 is 14.4 Å². The minimum atomic E-state index is -0.523. The van der Waals surface area contributed by atoms with Gasteiger partial charge in [-0.2, -0.15) is 5.10 Å². The van der Waals surface area contributed by atoms with Crippen molar-refractivity contribution in [2.45, 2.75) is 89.9 Å². The van der Waals surface area contributed by atoms with Crippen molar-refractivity contribution in [2.24, 2.45) is 0 Å². The molecule has 0 saturated carbocycles. The van der Waals surface area contributed by atoms with E-state index >= 15 is 0 Å². The Bertz CT molecular complexity index is 1430. The Morgan fingerprint density at radius 1 is 0.929 bits per heavy atom. The summed E-state index contributed by atoms with van der Waals surface area (Å²) in [5.41, 5.74) is 1.06. The molecular formula is C30H39N9O3. The zero-order valence-electron chi connectivity index (χ0n) is 24.2. The van der Waals surface area contributed by atoms with Crippen LogP contribution in [0.5, 0.6) is 0 Å².